The van der Waals surface area contributed by atoms with E-state index in [1.54, 1.807) is 32.4 Å². The molecule has 1 aliphatic rings. The van der Waals surface area contributed by atoms with E-state index >= 15 is 0 Å². The molecular formula is C24H28N4O3S. The molecule has 1 amide bonds. The van der Waals surface area contributed by atoms with Gasteiger partial charge in [0.1, 0.15) is 17.3 Å². The Morgan fingerprint density at radius 3 is 2.44 bits per heavy atom. The topological polar surface area (TPSA) is 76.6 Å². The number of piperidine rings is 1. The highest BCUT2D eigenvalue weighted by atomic mass is 32.1. The molecule has 1 aromatic heterocycles. The van der Waals surface area contributed by atoms with Gasteiger partial charge in [-0.1, -0.05) is 30.3 Å². The standard InChI is InChI=1S/C24H28N4O3S/c1-30-20-13-19(14-21(15-20)31-2)23(29)25-16-18-8-10-28(11-9-18)24-26-22(27-32-24)12-17-6-4-3-5-7-17/h3-7,13-15,18H,8-12,16H2,1-2H3,(H,25,29). The van der Waals surface area contributed by atoms with Gasteiger partial charge in [0.2, 0.25) is 5.13 Å². The Morgan fingerprint density at radius 1 is 1.09 bits per heavy atom. The Bertz CT molecular complexity index is 1010. The number of rotatable bonds is 8. The second-order valence-corrected chi connectivity index (χ2v) is 8.63. The van der Waals surface area contributed by atoms with Crippen molar-refractivity contribution >= 4 is 22.6 Å². The molecule has 1 N–H and O–H groups in total. The van der Waals surface area contributed by atoms with Crippen LogP contribution in [0.5, 0.6) is 11.5 Å². The lowest BCUT2D eigenvalue weighted by molar-refractivity contribution is 0.0944. The van der Waals surface area contributed by atoms with E-state index in [1.165, 1.54) is 17.1 Å². The quantitative estimate of drug-likeness (QED) is 0.560. The summed E-state index contributed by atoms with van der Waals surface area (Å²) in [5.74, 6) is 2.41. The molecule has 0 bridgehead atoms. The van der Waals surface area contributed by atoms with E-state index in [9.17, 15) is 4.79 Å². The Labute approximate surface area is 192 Å². The van der Waals surface area contributed by atoms with Crippen molar-refractivity contribution in [2.75, 3.05) is 38.8 Å². The Kier molecular flexibility index (Phi) is 7.21. The van der Waals surface area contributed by atoms with Crippen molar-refractivity contribution in [2.24, 2.45) is 5.92 Å². The third-order valence-corrected chi connectivity index (χ3v) is 6.53. The molecule has 0 saturated carbocycles. The van der Waals surface area contributed by atoms with Gasteiger partial charge >= 0.3 is 0 Å². The van der Waals surface area contributed by atoms with Gasteiger partial charge in [0, 0.05) is 49.2 Å². The predicted octanol–water partition coefficient (Wildman–Crippen LogP) is 3.79. The number of benzene rings is 2. The molecule has 7 nitrogen and oxygen atoms in total. The van der Waals surface area contributed by atoms with Gasteiger partial charge in [-0.05, 0) is 36.5 Å². The summed E-state index contributed by atoms with van der Waals surface area (Å²) in [5.41, 5.74) is 1.76. The smallest absolute Gasteiger partial charge is 0.251 e. The van der Waals surface area contributed by atoms with Crippen molar-refractivity contribution in [1.82, 2.24) is 14.7 Å². The molecule has 1 saturated heterocycles. The molecule has 0 aliphatic carbocycles. The summed E-state index contributed by atoms with van der Waals surface area (Å²) in [6, 6.07) is 15.5. The third-order valence-electron chi connectivity index (χ3n) is 5.71. The van der Waals surface area contributed by atoms with Crippen molar-refractivity contribution in [2.45, 2.75) is 19.3 Å². The van der Waals surface area contributed by atoms with Crippen LogP contribution in [0.15, 0.2) is 48.5 Å². The van der Waals surface area contributed by atoms with Crippen LogP contribution in [0, 0.1) is 5.92 Å². The van der Waals surface area contributed by atoms with E-state index in [1.807, 2.05) is 18.2 Å². The van der Waals surface area contributed by atoms with Gasteiger partial charge < -0.3 is 19.7 Å². The summed E-state index contributed by atoms with van der Waals surface area (Å²) >= 11 is 1.47. The van der Waals surface area contributed by atoms with E-state index in [-0.39, 0.29) is 5.91 Å². The summed E-state index contributed by atoms with van der Waals surface area (Å²) in [6.45, 7) is 2.50. The summed E-state index contributed by atoms with van der Waals surface area (Å²) in [6.07, 6.45) is 2.78. The van der Waals surface area contributed by atoms with E-state index in [0.29, 0.717) is 29.5 Å². The zero-order valence-corrected chi connectivity index (χ0v) is 19.2. The van der Waals surface area contributed by atoms with Crippen molar-refractivity contribution in [3.05, 3.63) is 65.5 Å². The molecule has 3 aromatic rings. The number of aromatic nitrogens is 2. The van der Waals surface area contributed by atoms with Crippen LogP contribution in [0.25, 0.3) is 0 Å². The van der Waals surface area contributed by atoms with Crippen molar-refractivity contribution in [3.8, 4) is 11.5 Å². The van der Waals surface area contributed by atoms with Crippen LogP contribution < -0.4 is 19.7 Å². The third kappa shape index (κ3) is 5.56. The number of hydrogen-bond acceptors (Lipinski definition) is 7. The molecule has 32 heavy (non-hydrogen) atoms. The minimum atomic E-state index is -0.112. The first-order chi connectivity index (χ1) is 15.6. The molecule has 0 unspecified atom stereocenters. The van der Waals surface area contributed by atoms with Crippen LogP contribution in [0.2, 0.25) is 0 Å². The lowest BCUT2D eigenvalue weighted by Gasteiger charge is -2.31. The summed E-state index contributed by atoms with van der Waals surface area (Å²) < 4.78 is 15.0. The Hall–Kier alpha value is -3.13. The highest BCUT2D eigenvalue weighted by Crippen LogP contribution is 2.26. The largest absolute Gasteiger partial charge is 0.497 e. The van der Waals surface area contributed by atoms with Crippen LogP contribution in [0.4, 0.5) is 5.13 Å². The van der Waals surface area contributed by atoms with Crippen LogP contribution >= 0.6 is 11.5 Å². The van der Waals surface area contributed by atoms with Crippen molar-refractivity contribution < 1.29 is 14.3 Å². The number of methoxy groups -OCH3 is 2. The second-order valence-electron chi connectivity index (χ2n) is 7.90. The lowest BCUT2D eigenvalue weighted by Crippen LogP contribution is -2.38. The SMILES string of the molecule is COc1cc(OC)cc(C(=O)NCC2CCN(c3nc(Cc4ccccc4)ns3)CC2)c1. The van der Waals surface area contributed by atoms with Crippen molar-refractivity contribution in [1.29, 1.82) is 0 Å². The van der Waals surface area contributed by atoms with Gasteiger partial charge in [-0.3, -0.25) is 4.79 Å². The number of carbonyl (C=O) groups excluding carboxylic acids is 1. The van der Waals surface area contributed by atoms with Crippen LogP contribution in [-0.4, -0.2) is 49.1 Å². The zero-order valence-electron chi connectivity index (χ0n) is 18.4. The molecule has 0 radical (unpaired) electrons. The average molecular weight is 453 g/mol. The molecule has 1 aliphatic heterocycles. The van der Waals surface area contributed by atoms with Gasteiger partial charge in [0.15, 0.2) is 0 Å². The first-order valence-corrected chi connectivity index (χ1v) is 11.5. The first kappa shape index (κ1) is 22.1. The summed E-state index contributed by atoms with van der Waals surface area (Å²) in [4.78, 5) is 19.7. The van der Waals surface area contributed by atoms with Gasteiger partial charge in [-0.25, -0.2) is 4.98 Å². The van der Waals surface area contributed by atoms with Gasteiger partial charge in [-0.2, -0.15) is 4.37 Å². The minimum absolute atomic E-state index is 0.112. The maximum absolute atomic E-state index is 12.6. The maximum atomic E-state index is 12.6. The lowest BCUT2D eigenvalue weighted by atomic mass is 9.97. The number of hydrogen-bond donors (Lipinski definition) is 1. The first-order valence-electron chi connectivity index (χ1n) is 10.8. The van der Waals surface area contributed by atoms with Gasteiger partial charge in [0.25, 0.3) is 5.91 Å². The highest BCUT2D eigenvalue weighted by Gasteiger charge is 2.22. The fourth-order valence-corrected chi connectivity index (χ4v) is 4.57. The van der Waals surface area contributed by atoms with Crippen molar-refractivity contribution in [3.63, 3.8) is 0 Å². The summed E-state index contributed by atoms with van der Waals surface area (Å²) in [5, 5.41) is 4.05. The van der Waals surface area contributed by atoms with Gasteiger partial charge in [-0.15, -0.1) is 0 Å². The predicted molar refractivity (Wildman–Crippen MR) is 126 cm³/mol. The molecule has 1 fully saturated rings. The molecule has 4 rings (SSSR count). The van der Waals surface area contributed by atoms with E-state index in [0.717, 1.165) is 43.3 Å². The highest BCUT2D eigenvalue weighted by molar-refractivity contribution is 7.09. The monoisotopic (exact) mass is 452 g/mol. The fourth-order valence-electron chi connectivity index (χ4n) is 3.83. The number of nitrogens with zero attached hydrogens (tertiary/aromatic N) is 3. The fraction of sp³-hybridized carbons (Fsp3) is 0.375. The maximum Gasteiger partial charge on any atom is 0.251 e. The number of amides is 1. The number of nitrogens with one attached hydrogen (secondary N) is 1. The number of anilines is 1. The van der Waals surface area contributed by atoms with Crippen LogP contribution in [0.3, 0.4) is 0 Å². The number of ether oxygens (including phenoxy) is 2. The average Bonchev–Trinajstić information content (AvgIpc) is 3.31. The molecule has 168 valence electrons. The number of carbonyl (C=O) groups is 1. The molecular weight excluding hydrogens is 424 g/mol. The molecule has 8 heteroatoms. The van der Waals surface area contributed by atoms with E-state index in [2.05, 4.69) is 26.7 Å². The van der Waals surface area contributed by atoms with E-state index in [4.69, 9.17) is 14.5 Å². The Morgan fingerprint density at radius 2 is 1.78 bits per heavy atom. The molecule has 2 heterocycles. The van der Waals surface area contributed by atoms with Crippen LogP contribution in [0.1, 0.15) is 34.6 Å². The Balaban J connectivity index is 1.26. The molecule has 2 aromatic carbocycles. The normalized spacial score (nSPS) is 14.2. The molecule has 0 atom stereocenters. The zero-order chi connectivity index (χ0) is 22.3. The van der Waals surface area contributed by atoms with Gasteiger partial charge in [0.05, 0.1) is 14.2 Å². The second kappa shape index (κ2) is 10.5. The van der Waals surface area contributed by atoms with Crippen LogP contribution in [-0.2, 0) is 6.42 Å². The molecule has 0 spiro atoms. The minimum Gasteiger partial charge on any atom is -0.497 e. The summed E-state index contributed by atoms with van der Waals surface area (Å²) in [7, 11) is 3.15. The van der Waals surface area contributed by atoms with E-state index < -0.39 is 0 Å².